The maximum atomic E-state index is 11.8. The fourth-order valence-corrected chi connectivity index (χ4v) is 5.99. The molecule has 1 atom stereocenters. The molecule has 1 fully saturated rings. The molecule has 0 amide bonds. The average molecular weight is 490 g/mol. The fraction of sp³-hybridized carbons (Fsp3) is 0.522. The largest absolute Gasteiger partial charge is 0.485 e. The number of hydrogen-bond acceptors (Lipinski definition) is 7. The first-order chi connectivity index (χ1) is 15.7. The molecule has 5 heterocycles. The van der Waals surface area contributed by atoms with E-state index >= 15 is 0 Å². The van der Waals surface area contributed by atoms with Gasteiger partial charge in [-0.25, -0.2) is 18.4 Å². The SMILES string of the molecule is C[C@]1(C2CCN(c3ncc(Cl)cn3)CC2)Cc2cc(C3=CCN(S(C)(=O)=O)CC3)ncc2O1. The molecule has 0 unspecified atom stereocenters. The monoisotopic (exact) mass is 489 g/mol. The number of anilines is 1. The maximum absolute atomic E-state index is 11.8. The lowest BCUT2D eigenvalue weighted by Crippen LogP contribution is -2.46. The van der Waals surface area contributed by atoms with Gasteiger partial charge in [-0.1, -0.05) is 17.7 Å². The summed E-state index contributed by atoms with van der Waals surface area (Å²) in [6.45, 7) is 4.86. The maximum Gasteiger partial charge on any atom is 0.225 e. The van der Waals surface area contributed by atoms with Gasteiger partial charge in [-0.3, -0.25) is 4.98 Å². The van der Waals surface area contributed by atoms with E-state index in [0.29, 0.717) is 30.5 Å². The van der Waals surface area contributed by atoms with Crippen LogP contribution in [0.2, 0.25) is 5.02 Å². The highest BCUT2D eigenvalue weighted by atomic mass is 35.5. The van der Waals surface area contributed by atoms with Crippen LogP contribution in [0.4, 0.5) is 5.95 Å². The van der Waals surface area contributed by atoms with E-state index in [0.717, 1.165) is 55.3 Å². The van der Waals surface area contributed by atoms with Crippen LogP contribution in [-0.4, -0.2) is 65.7 Å². The van der Waals surface area contributed by atoms with Crippen LogP contribution < -0.4 is 9.64 Å². The summed E-state index contributed by atoms with van der Waals surface area (Å²) in [4.78, 5) is 15.5. The zero-order chi connectivity index (χ0) is 23.2. The number of rotatable bonds is 4. The molecule has 176 valence electrons. The fourth-order valence-electron chi connectivity index (χ4n) is 5.13. The minimum Gasteiger partial charge on any atom is -0.485 e. The summed E-state index contributed by atoms with van der Waals surface area (Å²) in [6.07, 6.45) is 11.9. The van der Waals surface area contributed by atoms with Crippen LogP contribution in [0, 0.1) is 5.92 Å². The van der Waals surface area contributed by atoms with Gasteiger partial charge >= 0.3 is 0 Å². The summed E-state index contributed by atoms with van der Waals surface area (Å²) in [5.41, 5.74) is 2.94. The van der Waals surface area contributed by atoms with Crippen molar-refractivity contribution in [3.05, 3.63) is 47.0 Å². The van der Waals surface area contributed by atoms with E-state index in [9.17, 15) is 8.42 Å². The Morgan fingerprint density at radius 2 is 1.85 bits per heavy atom. The molecule has 3 aliphatic heterocycles. The molecule has 10 heteroatoms. The molecular weight excluding hydrogens is 462 g/mol. The third kappa shape index (κ3) is 4.58. The Labute approximate surface area is 199 Å². The van der Waals surface area contributed by atoms with Gasteiger partial charge in [0.1, 0.15) is 11.4 Å². The number of sulfonamides is 1. The number of piperidine rings is 1. The van der Waals surface area contributed by atoms with Gasteiger partial charge in [-0.05, 0) is 37.8 Å². The summed E-state index contributed by atoms with van der Waals surface area (Å²) in [7, 11) is -3.16. The predicted octanol–water partition coefficient (Wildman–Crippen LogP) is 3.18. The third-order valence-corrected chi connectivity index (χ3v) is 8.52. The summed E-state index contributed by atoms with van der Waals surface area (Å²) in [5.74, 6) is 2.01. The molecule has 0 saturated carbocycles. The van der Waals surface area contributed by atoms with Crippen molar-refractivity contribution in [3.8, 4) is 5.75 Å². The quantitative estimate of drug-likeness (QED) is 0.651. The second kappa shape index (κ2) is 8.52. The van der Waals surface area contributed by atoms with Crippen molar-refractivity contribution in [2.45, 2.75) is 38.2 Å². The number of halogens is 1. The number of aromatic nitrogens is 3. The Balaban J connectivity index is 1.25. The Hall–Kier alpha value is -2.23. The lowest BCUT2D eigenvalue weighted by Gasteiger charge is -2.39. The van der Waals surface area contributed by atoms with Crippen LogP contribution >= 0.6 is 11.6 Å². The molecule has 0 aliphatic carbocycles. The zero-order valence-corrected chi connectivity index (χ0v) is 20.4. The topological polar surface area (TPSA) is 88.5 Å². The predicted molar refractivity (Wildman–Crippen MR) is 128 cm³/mol. The molecule has 0 aromatic carbocycles. The Kier molecular flexibility index (Phi) is 5.83. The van der Waals surface area contributed by atoms with Gasteiger partial charge < -0.3 is 9.64 Å². The highest BCUT2D eigenvalue weighted by molar-refractivity contribution is 7.88. The first kappa shape index (κ1) is 22.6. The highest BCUT2D eigenvalue weighted by Crippen LogP contribution is 2.43. The van der Waals surface area contributed by atoms with Crippen LogP contribution in [0.5, 0.6) is 5.75 Å². The van der Waals surface area contributed by atoms with E-state index in [4.69, 9.17) is 16.3 Å². The Morgan fingerprint density at radius 1 is 1.12 bits per heavy atom. The van der Waals surface area contributed by atoms with Gasteiger partial charge in [0.2, 0.25) is 16.0 Å². The number of ether oxygens (including phenoxy) is 1. The lowest BCUT2D eigenvalue weighted by atomic mass is 9.79. The first-order valence-electron chi connectivity index (χ1n) is 11.3. The van der Waals surface area contributed by atoms with Crippen molar-refractivity contribution in [1.82, 2.24) is 19.3 Å². The van der Waals surface area contributed by atoms with Crippen molar-refractivity contribution in [1.29, 1.82) is 0 Å². The third-order valence-electron chi connectivity index (χ3n) is 7.05. The van der Waals surface area contributed by atoms with Crippen molar-refractivity contribution in [2.24, 2.45) is 5.92 Å². The van der Waals surface area contributed by atoms with Crippen molar-refractivity contribution >= 4 is 33.1 Å². The number of hydrogen-bond donors (Lipinski definition) is 0. The van der Waals surface area contributed by atoms with Crippen molar-refractivity contribution in [3.63, 3.8) is 0 Å². The summed E-state index contributed by atoms with van der Waals surface area (Å²) in [6, 6.07) is 2.12. The van der Waals surface area contributed by atoms with E-state index in [1.165, 1.54) is 16.1 Å². The molecule has 8 nitrogen and oxygen atoms in total. The molecular formula is C23H28ClN5O3S. The minimum absolute atomic E-state index is 0.260. The van der Waals surface area contributed by atoms with Crippen LogP contribution in [0.25, 0.3) is 5.57 Å². The van der Waals surface area contributed by atoms with Crippen LogP contribution in [0.15, 0.2) is 30.7 Å². The summed E-state index contributed by atoms with van der Waals surface area (Å²) < 4.78 is 31.5. The average Bonchev–Trinajstić information content (AvgIpc) is 3.16. The van der Waals surface area contributed by atoms with E-state index in [1.54, 1.807) is 12.4 Å². The van der Waals surface area contributed by atoms with E-state index in [2.05, 4.69) is 32.8 Å². The van der Waals surface area contributed by atoms with Gasteiger partial charge in [0.15, 0.2) is 0 Å². The highest BCUT2D eigenvalue weighted by Gasteiger charge is 2.43. The number of pyridine rings is 1. The molecule has 2 aromatic heterocycles. The second-order valence-corrected chi connectivity index (χ2v) is 11.8. The van der Waals surface area contributed by atoms with Gasteiger partial charge in [0, 0.05) is 44.1 Å². The molecule has 3 aliphatic rings. The lowest BCUT2D eigenvalue weighted by molar-refractivity contribution is 0.0347. The molecule has 0 N–H and O–H groups in total. The van der Waals surface area contributed by atoms with Gasteiger partial charge in [-0.15, -0.1) is 0 Å². The zero-order valence-electron chi connectivity index (χ0n) is 18.9. The van der Waals surface area contributed by atoms with E-state index in [-0.39, 0.29) is 5.60 Å². The van der Waals surface area contributed by atoms with Crippen molar-refractivity contribution in [2.75, 3.05) is 37.3 Å². The van der Waals surface area contributed by atoms with E-state index in [1.807, 2.05) is 12.3 Å². The number of fused-ring (bicyclic) bond motifs is 1. The van der Waals surface area contributed by atoms with Gasteiger partial charge in [0.25, 0.3) is 0 Å². The molecule has 1 saturated heterocycles. The van der Waals surface area contributed by atoms with Crippen LogP contribution in [-0.2, 0) is 16.4 Å². The van der Waals surface area contributed by atoms with Crippen LogP contribution in [0.1, 0.15) is 37.4 Å². The van der Waals surface area contributed by atoms with Crippen LogP contribution in [0.3, 0.4) is 0 Å². The Morgan fingerprint density at radius 3 is 2.48 bits per heavy atom. The van der Waals surface area contributed by atoms with Gasteiger partial charge in [0.05, 0.1) is 35.6 Å². The molecule has 0 bridgehead atoms. The Bertz CT molecular complexity index is 1180. The van der Waals surface area contributed by atoms with E-state index < -0.39 is 10.0 Å². The summed E-state index contributed by atoms with van der Waals surface area (Å²) in [5, 5.41) is 0.544. The number of nitrogens with zero attached hydrogens (tertiary/aromatic N) is 5. The molecule has 0 spiro atoms. The molecule has 2 aromatic rings. The molecule has 33 heavy (non-hydrogen) atoms. The standard InChI is InChI=1S/C23H28ClN5O3S/c1-23(18-5-7-28(8-6-18)22-26-13-19(24)14-27-22)12-17-11-20(25-15-21(17)32-23)16-3-9-29(10-4-16)33(2,30)31/h3,11,13-15,18H,4-10,12H2,1-2H3/t23-/m1/s1. The van der Waals surface area contributed by atoms with Crippen molar-refractivity contribution < 1.29 is 13.2 Å². The smallest absolute Gasteiger partial charge is 0.225 e. The molecule has 5 rings (SSSR count). The normalized spacial score (nSPS) is 24.3. The second-order valence-electron chi connectivity index (χ2n) is 9.33. The first-order valence-corrected chi connectivity index (χ1v) is 13.5. The van der Waals surface area contributed by atoms with Gasteiger partial charge in [-0.2, -0.15) is 4.31 Å². The summed E-state index contributed by atoms with van der Waals surface area (Å²) >= 11 is 5.91. The molecule has 0 radical (unpaired) electrons. The minimum atomic E-state index is -3.16.